The van der Waals surface area contributed by atoms with Gasteiger partial charge in [0.25, 0.3) is 0 Å². The zero-order valence-electron chi connectivity index (χ0n) is 13.7. The molecule has 0 spiro atoms. The van der Waals surface area contributed by atoms with Crippen LogP contribution >= 0.6 is 0 Å². The molecule has 1 N–H and O–H groups in total. The van der Waals surface area contributed by atoms with Crippen molar-refractivity contribution in [2.45, 2.75) is 0 Å². The molecule has 130 valence electrons. The Morgan fingerprint density at radius 2 is 1.96 bits per heavy atom. The zero-order valence-corrected chi connectivity index (χ0v) is 13.7. The number of methoxy groups -OCH3 is 2. The summed E-state index contributed by atoms with van der Waals surface area (Å²) >= 11 is 0. The topological polar surface area (TPSA) is 98.2 Å². The molecule has 0 aliphatic carbocycles. The molecule has 25 heavy (non-hydrogen) atoms. The SMILES string of the molecule is COC(=O)C1=C(C(=O)OC)N(c2c(O)ccc3ncccc23)COC1. The molecule has 8 heteroatoms. The molecule has 0 amide bonds. The number of nitrogens with zero attached hydrogens (tertiary/aromatic N) is 2. The maximum absolute atomic E-state index is 12.3. The monoisotopic (exact) mass is 344 g/mol. The highest BCUT2D eigenvalue weighted by atomic mass is 16.5. The van der Waals surface area contributed by atoms with E-state index in [0.29, 0.717) is 16.6 Å². The van der Waals surface area contributed by atoms with Crippen molar-refractivity contribution < 1.29 is 28.9 Å². The second kappa shape index (κ2) is 6.78. The number of anilines is 1. The fourth-order valence-electron chi connectivity index (χ4n) is 2.73. The Morgan fingerprint density at radius 3 is 2.68 bits per heavy atom. The number of rotatable bonds is 3. The normalized spacial score (nSPS) is 14.6. The summed E-state index contributed by atoms with van der Waals surface area (Å²) in [7, 11) is 2.42. The first kappa shape index (κ1) is 16.7. The predicted octanol–water partition coefficient (Wildman–Crippen LogP) is 1.33. The Labute approximate surface area is 143 Å². The number of carbonyl (C=O) groups excluding carboxylic acids is 2. The minimum Gasteiger partial charge on any atom is -0.506 e. The van der Waals surface area contributed by atoms with Crippen LogP contribution in [0.3, 0.4) is 0 Å². The molecule has 0 saturated heterocycles. The first-order valence-corrected chi connectivity index (χ1v) is 7.40. The molecule has 1 aliphatic rings. The number of phenols is 1. The molecule has 0 fully saturated rings. The van der Waals surface area contributed by atoms with E-state index in [1.165, 1.54) is 25.2 Å². The van der Waals surface area contributed by atoms with E-state index in [1.807, 2.05) is 0 Å². The molecule has 1 aromatic carbocycles. The molecule has 0 atom stereocenters. The Kier molecular flexibility index (Phi) is 4.53. The average Bonchev–Trinajstić information content (AvgIpc) is 2.66. The maximum Gasteiger partial charge on any atom is 0.355 e. The van der Waals surface area contributed by atoms with Crippen molar-refractivity contribution >= 4 is 28.5 Å². The number of hydrogen-bond donors (Lipinski definition) is 1. The molecule has 0 bridgehead atoms. The van der Waals surface area contributed by atoms with E-state index >= 15 is 0 Å². The third-order valence-corrected chi connectivity index (χ3v) is 3.84. The smallest absolute Gasteiger partial charge is 0.355 e. The van der Waals surface area contributed by atoms with Gasteiger partial charge in [-0.3, -0.25) is 4.98 Å². The lowest BCUT2D eigenvalue weighted by atomic mass is 10.1. The van der Waals surface area contributed by atoms with E-state index in [9.17, 15) is 14.7 Å². The Morgan fingerprint density at radius 1 is 1.20 bits per heavy atom. The lowest BCUT2D eigenvalue weighted by Gasteiger charge is -2.32. The molecule has 0 saturated carbocycles. The van der Waals surface area contributed by atoms with E-state index in [-0.39, 0.29) is 30.4 Å². The van der Waals surface area contributed by atoms with Crippen LogP contribution in [0.4, 0.5) is 5.69 Å². The number of aromatic hydroxyl groups is 1. The van der Waals surface area contributed by atoms with E-state index in [1.54, 1.807) is 24.4 Å². The molecular weight excluding hydrogens is 328 g/mol. The quantitative estimate of drug-likeness (QED) is 0.833. The fraction of sp³-hybridized carbons (Fsp3) is 0.235. The summed E-state index contributed by atoms with van der Waals surface area (Å²) in [6.07, 6.45) is 1.62. The average molecular weight is 344 g/mol. The van der Waals surface area contributed by atoms with Gasteiger partial charge in [0.2, 0.25) is 0 Å². The van der Waals surface area contributed by atoms with Gasteiger partial charge in [-0.05, 0) is 24.3 Å². The highest BCUT2D eigenvalue weighted by Gasteiger charge is 2.34. The zero-order chi connectivity index (χ0) is 18.0. The molecule has 3 rings (SSSR count). The van der Waals surface area contributed by atoms with Crippen LogP contribution in [-0.2, 0) is 23.8 Å². The van der Waals surface area contributed by atoms with Gasteiger partial charge < -0.3 is 24.2 Å². The van der Waals surface area contributed by atoms with Crippen molar-refractivity contribution in [1.29, 1.82) is 0 Å². The van der Waals surface area contributed by atoms with E-state index in [4.69, 9.17) is 14.2 Å². The van der Waals surface area contributed by atoms with Gasteiger partial charge in [0.05, 0.1) is 37.6 Å². The van der Waals surface area contributed by atoms with Crippen LogP contribution in [0.25, 0.3) is 10.9 Å². The van der Waals surface area contributed by atoms with E-state index in [0.717, 1.165) is 0 Å². The van der Waals surface area contributed by atoms with Crippen molar-refractivity contribution in [3.8, 4) is 5.75 Å². The molecule has 2 aromatic rings. The van der Waals surface area contributed by atoms with Crippen LogP contribution in [0, 0.1) is 0 Å². The van der Waals surface area contributed by atoms with Crippen molar-refractivity contribution in [2.24, 2.45) is 0 Å². The second-order valence-electron chi connectivity index (χ2n) is 5.22. The van der Waals surface area contributed by atoms with Crippen LogP contribution in [0.5, 0.6) is 5.75 Å². The number of benzene rings is 1. The highest BCUT2D eigenvalue weighted by Crippen LogP contribution is 2.38. The first-order valence-electron chi connectivity index (χ1n) is 7.40. The van der Waals surface area contributed by atoms with Gasteiger partial charge in [-0.1, -0.05) is 0 Å². The summed E-state index contributed by atoms with van der Waals surface area (Å²) in [6.45, 7) is -0.149. The number of ether oxygens (including phenoxy) is 3. The summed E-state index contributed by atoms with van der Waals surface area (Å²) in [6, 6.07) is 6.57. The standard InChI is InChI=1S/C17H16N2O6/c1-23-16(21)11-8-25-9-19(15(11)17(22)24-2)14-10-4-3-7-18-12(10)5-6-13(14)20/h3-7,20H,8-9H2,1-2H3. The number of phenolic OH excluding ortho intramolecular Hbond substituents is 1. The Bertz CT molecular complexity index is 877. The van der Waals surface area contributed by atoms with Crippen LogP contribution in [-0.4, -0.2) is 49.6 Å². The number of aromatic nitrogens is 1. The third-order valence-electron chi connectivity index (χ3n) is 3.84. The predicted molar refractivity (Wildman–Crippen MR) is 87.8 cm³/mol. The second-order valence-corrected chi connectivity index (χ2v) is 5.22. The van der Waals surface area contributed by atoms with Gasteiger partial charge in [0.15, 0.2) is 0 Å². The molecular formula is C17H16N2O6. The summed E-state index contributed by atoms with van der Waals surface area (Å²) in [4.78, 5) is 30.0. The molecule has 1 aliphatic heterocycles. The molecule has 8 nitrogen and oxygen atoms in total. The largest absolute Gasteiger partial charge is 0.506 e. The van der Waals surface area contributed by atoms with Crippen molar-refractivity contribution in [3.05, 3.63) is 41.7 Å². The fourth-order valence-corrected chi connectivity index (χ4v) is 2.73. The van der Waals surface area contributed by atoms with Gasteiger partial charge in [0.1, 0.15) is 18.2 Å². The van der Waals surface area contributed by atoms with Gasteiger partial charge in [0, 0.05) is 11.6 Å². The van der Waals surface area contributed by atoms with Crippen molar-refractivity contribution in [1.82, 2.24) is 4.98 Å². The lowest BCUT2D eigenvalue weighted by Crippen LogP contribution is -2.39. The van der Waals surface area contributed by atoms with Crippen LogP contribution in [0.2, 0.25) is 0 Å². The number of fused-ring (bicyclic) bond motifs is 1. The minimum atomic E-state index is -0.732. The van der Waals surface area contributed by atoms with Gasteiger partial charge in [-0.2, -0.15) is 0 Å². The Balaban J connectivity index is 2.26. The lowest BCUT2D eigenvalue weighted by molar-refractivity contribution is -0.140. The van der Waals surface area contributed by atoms with Gasteiger partial charge in [-0.25, -0.2) is 9.59 Å². The van der Waals surface area contributed by atoms with Crippen molar-refractivity contribution in [3.63, 3.8) is 0 Å². The van der Waals surface area contributed by atoms with Crippen LogP contribution in [0.15, 0.2) is 41.7 Å². The maximum atomic E-state index is 12.3. The summed E-state index contributed by atoms with van der Waals surface area (Å²) in [5.74, 6) is -1.52. The number of esters is 2. The minimum absolute atomic E-state index is 0.0147. The molecule has 1 aromatic heterocycles. The molecule has 0 unspecified atom stereocenters. The number of hydrogen-bond acceptors (Lipinski definition) is 8. The third kappa shape index (κ3) is 2.87. The molecule has 0 radical (unpaired) electrons. The van der Waals surface area contributed by atoms with E-state index in [2.05, 4.69) is 4.98 Å². The van der Waals surface area contributed by atoms with Gasteiger partial charge in [-0.15, -0.1) is 0 Å². The summed E-state index contributed by atoms with van der Waals surface area (Å²) in [5.41, 5.74) is 0.893. The Hall–Kier alpha value is -3.13. The van der Waals surface area contributed by atoms with Crippen LogP contribution < -0.4 is 4.90 Å². The van der Waals surface area contributed by atoms with Crippen LogP contribution in [0.1, 0.15) is 0 Å². The van der Waals surface area contributed by atoms with E-state index < -0.39 is 11.9 Å². The van der Waals surface area contributed by atoms with Gasteiger partial charge >= 0.3 is 11.9 Å². The number of pyridine rings is 1. The number of carbonyl (C=O) groups is 2. The summed E-state index contributed by atoms with van der Waals surface area (Å²) < 4.78 is 15.0. The first-order chi connectivity index (χ1) is 12.1. The molecule has 2 heterocycles. The van der Waals surface area contributed by atoms with Crippen molar-refractivity contribution in [2.75, 3.05) is 32.5 Å². The highest BCUT2D eigenvalue weighted by molar-refractivity contribution is 6.06. The summed E-state index contributed by atoms with van der Waals surface area (Å²) in [5, 5.41) is 11.0.